The Morgan fingerprint density at radius 2 is 1.67 bits per heavy atom. The second-order valence-corrected chi connectivity index (χ2v) is 9.08. The standard InChI is InChI=1S/C25H31NO4/c1-5-6-18-11-15(2)22(16(3)12-18)23-20(28)13-25(14-21(23)29)9-7-19(8-10-25)26-24(30)17(4)27/h11-12,17,19,23,27H,7-10,13-14H2,1-4H3,(H,26,30)/t17-,19?,23?,25?/m0/s1. The zero-order valence-corrected chi connectivity index (χ0v) is 18.3. The minimum atomic E-state index is -1.03. The first-order chi connectivity index (χ1) is 14.2. The van der Waals surface area contributed by atoms with E-state index in [1.54, 1.807) is 6.92 Å². The van der Waals surface area contributed by atoms with E-state index >= 15 is 0 Å². The van der Waals surface area contributed by atoms with E-state index in [9.17, 15) is 19.5 Å². The van der Waals surface area contributed by atoms with Gasteiger partial charge in [-0.1, -0.05) is 5.92 Å². The fourth-order valence-corrected chi connectivity index (χ4v) is 5.20. The molecule has 30 heavy (non-hydrogen) atoms. The summed E-state index contributed by atoms with van der Waals surface area (Å²) in [6, 6.07) is 3.91. The molecule has 0 aromatic heterocycles. The molecule has 160 valence electrons. The van der Waals surface area contributed by atoms with Crippen molar-refractivity contribution < 1.29 is 19.5 Å². The van der Waals surface area contributed by atoms with E-state index in [1.807, 2.05) is 26.0 Å². The minimum absolute atomic E-state index is 0.00244. The van der Waals surface area contributed by atoms with E-state index in [2.05, 4.69) is 17.2 Å². The number of aliphatic hydroxyl groups is 1. The third kappa shape index (κ3) is 4.49. The number of hydrogen-bond acceptors (Lipinski definition) is 4. The number of amides is 1. The molecule has 2 aliphatic carbocycles. The number of benzene rings is 1. The molecule has 2 N–H and O–H groups in total. The first kappa shape index (κ1) is 22.2. The molecule has 5 heteroatoms. The van der Waals surface area contributed by atoms with Crippen molar-refractivity contribution in [2.75, 3.05) is 0 Å². The smallest absolute Gasteiger partial charge is 0.248 e. The molecule has 3 rings (SSSR count). The molecule has 5 nitrogen and oxygen atoms in total. The highest BCUT2D eigenvalue weighted by Crippen LogP contribution is 2.49. The molecule has 0 heterocycles. The van der Waals surface area contributed by atoms with Gasteiger partial charge in [-0.15, -0.1) is 5.92 Å². The van der Waals surface area contributed by atoms with Crippen molar-refractivity contribution in [1.82, 2.24) is 5.32 Å². The monoisotopic (exact) mass is 409 g/mol. The molecule has 0 saturated heterocycles. The average molecular weight is 410 g/mol. The van der Waals surface area contributed by atoms with Crippen LogP contribution in [-0.2, 0) is 14.4 Å². The molecular formula is C25H31NO4. The largest absolute Gasteiger partial charge is 0.384 e. The van der Waals surface area contributed by atoms with E-state index in [0.29, 0.717) is 12.8 Å². The molecule has 0 bridgehead atoms. The molecule has 1 amide bonds. The number of carbonyl (C=O) groups is 3. The third-order valence-corrected chi connectivity index (χ3v) is 6.67. The lowest BCUT2D eigenvalue weighted by Crippen LogP contribution is -2.47. The molecule has 1 aromatic carbocycles. The quantitative estimate of drug-likeness (QED) is 0.594. The molecule has 1 atom stereocenters. The summed E-state index contributed by atoms with van der Waals surface area (Å²) in [6.07, 6.45) is 2.74. The van der Waals surface area contributed by atoms with Crippen LogP contribution in [0.15, 0.2) is 12.1 Å². The van der Waals surface area contributed by atoms with Crippen LogP contribution in [0.3, 0.4) is 0 Å². The predicted octanol–water partition coefficient (Wildman–Crippen LogP) is 3.12. The topological polar surface area (TPSA) is 83.5 Å². The van der Waals surface area contributed by atoms with Gasteiger partial charge in [-0.05, 0) is 87.6 Å². The van der Waals surface area contributed by atoms with Gasteiger partial charge < -0.3 is 10.4 Å². The number of aryl methyl sites for hydroxylation is 2. The van der Waals surface area contributed by atoms with Crippen molar-refractivity contribution in [3.05, 3.63) is 34.4 Å². The Balaban J connectivity index is 1.74. The number of nitrogens with one attached hydrogen (secondary N) is 1. The van der Waals surface area contributed by atoms with Gasteiger partial charge in [-0.3, -0.25) is 14.4 Å². The van der Waals surface area contributed by atoms with Crippen molar-refractivity contribution in [1.29, 1.82) is 0 Å². The maximum Gasteiger partial charge on any atom is 0.248 e. The van der Waals surface area contributed by atoms with Gasteiger partial charge in [-0.2, -0.15) is 0 Å². The predicted molar refractivity (Wildman–Crippen MR) is 115 cm³/mol. The molecule has 2 aliphatic rings. The Bertz CT molecular complexity index is 883. The van der Waals surface area contributed by atoms with Crippen LogP contribution >= 0.6 is 0 Å². The first-order valence-electron chi connectivity index (χ1n) is 10.7. The molecule has 2 fully saturated rings. The van der Waals surface area contributed by atoms with Crippen LogP contribution in [0.2, 0.25) is 0 Å². The first-order valence-corrected chi connectivity index (χ1v) is 10.7. The molecular weight excluding hydrogens is 378 g/mol. The minimum Gasteiger partial charge on any atom is -0.384 e. The van der Waals surface area contributed by atoms with E-state index in [-0.39, 0.29) is 28.9 Å². The van der Waals surface area contributed by atoms with Crippen molar-refractivity contribution in [2.24, 2.45) is 5.41 Å². The Morgan fingerprint density at radius 1 is 1.13 bits per heavy atom. The number of carbonyl (C=O) groups excluding carboxylic acids is 3. The molecule has 0 radical (unpaired) electrons. The zero-order valence-electron chi connectivity index (χ0n) is 18.3. The van der Waals surface area contributed by atoms with E-state index in [1.165, 1.54) is 6.92 Å². The number of hydrogen-bond donors (Lipinski definition) is 2. The van der Waals surface area contributed by atoms with Gasteiger partial charge in [0.05, 0.1) is 0 Å². The summed E-state index contributed by atoms with van der Waals surface area (Å²) in [5.74, 6) is 4.92. The Hall–Kier alpha value is -2.45. The summed E-state index contributed by atoms with van der Waals surface area (Å²) in [7, 11) is 0. The SMILES string of the molecule is CC#Cc1cc(C)c(C2C(=O)CC3(CCC(NC(=O)[C@H](C)O)CC3)CC2=O)c(C)c1. The summed E-state index contributed by atoms with van der Waals surface area (Å²) in [5, 5.41) is 12.2. The summed E-state index contributed by atoms with van der Waals surface area (Å²) < 4.78 is 0. The summed E-state index contributed by atoms with van der Waals surface area (Å²) in [4.78, 5) is 38.1. The van der Waals surface area contributed by atoms with E-state index < -0.39 is 12.0 Å². The molecule has 2 saturated carbocycles. The summed E-state index contributed by atoms with van der Waals surface area (Å²) in [6.45, 7) is 7.13. The highest BCUT2D eigenvalue weighted by atomic mass is 16.3. The lowest BCUT2D eigenvalue weighted by molar-refractivity contribution is -0.138. The Labute approximate surface area is 178 Å². The second-order valence-electron chi connectivity index (χ2n) is 9.08. The van der Waals surface area contributed by atoms with Crippen LogP contribution in [-0.4, -0.2) is 34.7 Å². The molecule has 1 spiro atoms. The van der Waals surface area contributed by atoms with Crippen molar-refractivity contribution >= 4 is 17.5 Å². The lowest BCUT2D eigenvalue weighted by Gasteiger charge is -2.44. The second kappa shape index (κ2) is 8.73. The maximum atomic E-state index is 13.2. The normalized spacial score (nSPS) is 27.4. The Morgan fingerprint density at radius 3 is 2.13 bits per heavy atom. The van der Waals surface area contributed by atoms with Crippen molar-refractivity contribution in [3.63, 3.8) is 0 Å². The van der Waals surface area contributed by atoms with Crippen LogP contribution in [0.4, 0.5) is 0 Å². The maximum absolute atomic E-state index is 13.2. The van der Waals surface area contributed by atoms with Gasteiger partial charge in [0.25, 0.3) is 0 Å². The zero-order chi connectivity index (χ0) is 22.1. The van der Waals surface area contributed by atoms with Gasteiger partial charge in [0.15, 0.2) is 0 Å². The average Bonchev–Trinajstić information content (AvgIpc) is 2.65. The van der Waals surface area contributed by atoms with E-state index in [4.69, 9.17) is 0 Å². The highest BCUT2D eigenvalue weighted by Gasteiger charge is 2.47. The van der Waals surface area contributed by atoms with Gasteiger partial charge >= 0.3 is 0 Å². The third-order valence-electron chi connectivity index (χ3n) is 6.67. The van der Waals surface area contributed by atoms with Gasteiger partial charge in [-0.25, -0.2) is 0 Å². The van der Waals surface area contributed by atoms with Gasteiger partial charge in [0, 0.05) is 24.4 Å². The molecule has 1 aromatic rings. The number of Topliss-reactive ketones (excluding diaryl/α,β-unsaturated/α-hetero) is 2. The summed E-state index contributed by atoms with van der Waals surface area (Å²) >= 11 is 0. The number of ketones is 2. The van der Waals surface area contributed by atoms with Crippen molar-refractivity contribution in [3.8, 4) is 11.8 Å². The fourth-order valence-electron chi connectivity index (χ4n) is 5.20. The van der Waals surface area contributed by atoms with Crippen LogP contribution in [0, 0.1) is 31.1 Å². The van der Waals surface area contributed by atoms with Crippen LogP contribution in [0.5, 0.6) is 0 Å². The lowest BCUT2D eigenvalue weighted by atomic mass is 9.60. The fraction of sp³-hybridized carbons (Fsp3) is 0.560. The highest BCUT2D eigenvalue weighted by molar-refractivity contribution is 6.10. The van der Waals surface area contributed by atoms with Crippen LogP contribution < -0.4 is 5.32 Å². The van der Waals surface area contributed by atoms with Gasteiger partial charge in [0.2, 0.25) is 5.91 Å². The molecule has 0 aliphatic heterocycles. The van der Waals surface area contributed by atoms with Crippen LogP contribution in [0.1, 0.15) is 80.5 Å². The molecule has 0 unspecified atom stereocenters. The Kier molecular flexibility index (Phi) is 6.47. The van der Waals surface area contributed by atoms with Gasteiger partial charge in [0.1, 0.15) is 23.6 Å². The number of rotatable bonds is 3. The number of aliphatic hydroxyl groups excluding tert-OH is 1. The summed E-state index contributed by atoms with van der Waals surface area (Å²) in [5.41, 5.74) is 3.35. The van der Waals surface area contributed by atoms with Crippen LogP contribution in [0.25, 0.3) is 0 Å². The van der Waals surface area contributed by atoms with E-state index in [0.717, 1.165) is 47.9 Å². The van der Waals surface area contributed by atoms with Crippen molar-refractivity contribution in [2.45, 2.75) is 84.3 Å².